The van der Waals surface area contributed by atoms with Crippen LogP contribution in [0.3, 0.4) is 0 Å². The van der Waals surface area contributed by atoms with Crippen LogP contribution in [-0.4, -0.2) is 70.0 Å². The van der Waals surface area contributed by atoms with E-state index < -0.39 is 0 Å². The van der Waals surface area contributed by atoms with Crippen LogP contribution in [0.5, 0.6) is 0 Å². The highest BCUT2D eigenvalue weighted by molar-refractivity contribution is 5.40. The van der Waals surface area contributed by atoms with Gasteiger partial charge in [-0.15, -0.1) is 0 Å². The lowest BCUT2D eigenvalue weighted by atomic mass is 9.97. The van der Waals surface area contributed by atoms with Gasteiger partial charge in [0.2, 0.25) is 0 Å². The lowest BCUT2D eigenvalue weighted by molar-refractivity contribution is 0.124. The molecule has 0 N–H and O–H groups in total. The summed E-state index contributed by atoms with van der Waals surface area (Å²) in [6.45, 7) is 10.3. The van der Waals surface area contributed by atoms with E-state index in [2.05, 4.69) is 31.8 Å². The lowest BCUT2D eigenvalue weighted by Crippen LogP contribution is -2.49. The monoisotopic (exact) mass is 432 g/mol. The first-order valence-corrected chi connectivity index (χ1v) is 11.7. The van der Waals surface area contributed by atoms with E-state index in [1.807, 2.05) is 37.5 Å². The Morgan fingerprint density at radius 1 is 1.03 bits per heavy atom. The molecule has 3 aromatic heterocycles. The van der Waals surface area contributed by atoms with Crippen LogP contribution >= 0.6 is 0 Å². The van der Waals surface area contributed by atoms with Crippen LogP contribution < -0.4 is 10.5 Å². The summed E-state index contributed by atoms with van der Waals surface area (Å²) in [6, 6.07) is 11.8. The predicted molar refractivity (Wildman–Crippen MR) is 127 cm³/mol. The number of piperidine rings is 1. The van der Waals surface area contributed by atoms with Gasteiger partial charge in [-0.05, 0) is 56.0 Å². The number of anilines is 1. The fourth-order valence-electron chi connectivity index (χ4n) is 5.08. The molecule has 2 aliphatic rings. The van der Waals surface area contributed by atoms with Crippen molar-refractivity contribution in [2.75, 3.05) is 50.7 Å². The van der Waals surface area contributed by atoms with Gasteiger partial charge in [0.1, 0.15) is 11.5 Å². The maximum atomic E-state index is 12.5. The molecular weight excluding hydrogens is 400 g/mol. The molecule has 0 bridgehead atoms. The van der Waals surface area contributed by atoms with Crippen LogP contribution in [0.1, 0.15) is 24.1 Å². The molecule has 0 aliphatic carbocycles. The van der Waals surface area contributed by atoms with E-state index in [4.69, 9.17) is 4.98 Å². The third-order valence-corrected chi connectivity index (χ3v) is 6.71. The van der Waals surface area contributed by atoms with Gasteiger partial charge >= 0.3 is 0 Å². The van der Waals surface area contributed by atoms with Crippen molar-refractivity contribution in [3.05, 3.63) is 70.4 Å². The molecule has 2 fully saturated rings. The second-order valence-electron chi connectivity index (χ2n) is 9.24. The van der Waals surface area contributed by atoms with Crippen molar-refractivity contribution in [3.63, 3.8) is 0 Å². The summed E-state index contributed by atoms with van der Waals surface area (Å²) in [6.07, 6.45) is 6.23. The first-order chi connectivity index (χ1) is 15.6. The molecule has 7 nitrogen and oxygen atoms in total. The second kappa shape index (κ2) is 9.38. The van der Waals surface area contributed by atoms with Gasteiger partial charge in [0, 0.05) is 64.3 Å². The van der Waals surface area contributed by atoms with Crippen LogP contribution in [0.4, 0.5) is 5.82 Å². The van der Waals surface area contributed by atoms with Crippen molar-refractivity contribution >= 4 is 11.5 Å². The molecule has 0 radical (unpaired) electrons. The minimum atomic E-state index is 0.00744. The zero-order valence-corrected chi connectivity index (χ0v) is 18.9. The Hall–Kier alpha value is -2.77. The highest BCUT2D eigenvalue weighted by Crippen LogP contribution is 2.21. The molecule has 32 heavy (non-hydrogen) atoms. The molecule has 0 spiro atoms. The molecule has 5 heterocycles. The number of piperazine rings is 1. The summed E-state index contributed by atoms with van der Waals surface area (Å²) in [5, 5.41) is 0. The van der Waals surface area contributed by atoms with E-state index in [1.54, 1.807) is 10.5 Å². The number of hydrogen-bond acceptors (Lipinski definition) is 6. The number of aryl methyl sites for hydroxylation is 1. The summed E-state index contributed by atoms with van der Waals surface area (Å²) in [5.41, 5.74) is 2.68. The molecule has 3 aromatic rings. The number of pyridine rings is 2. The number of hydrogen-bond donors (Lipinski definition) is 0. The van der Waals surface area contributed by atoms with Gasteiger partial charge in [0.25, 0.3) is 5.56 Å². The number of fused-ring (bicyclic) bond motifs is 1. The number of likely N-dealkylation sites (tertiary alicyclic amines) is 1. The van der Waals surface area contributed by atoms with E-state index in [0.717, 1.165) is 75.1 Å². The smallest absolute Gasteiger partial charge is 0.258 e. The Labute approximate surface area is 189 Å². The summed E-state index contributed by atoms with van der Waals surface area (Å²) < 4.78 is 1.64. The summed E-state index contributed by atoms with van der Waals surface area (Å²) in [5.74, 6) is 1.76. The lowest BCUT2D eigenvalue weighted by Gasteiger charge is -2.39. The van der Waals surface area contributed by atoms with Crippen molar-refractivity contribution < 1.29 is 0 Å². The van der Waals surface area contributed by atoms with Crippen LogP contribution in [0, 0.1) is 12.8 Å². The molecule has 5 rings (SSSR count). The fraction of sp³-hybridized carbons (Fsp3) is 0.480. The highest BCUT2D eigenvalue weighted by atomic mass is 16.1. The van der Waals surface area contributed by atoms with E-state index in [9.17, 15) is 4.79 Å². The number of nitrogens with zero attached hydrogens (tertiary/aromatic N) is 6. The number of aromatic nitrogens is 3. The average Bonchev–Trinajstić information content (AvgIpc) is 2.81. The summed E-state index contributed by atoms with van der Waals surface area (Å²) in [4.78, 5) is 29.2. The van der Waals surface area contributed by atoms with Crippen molar-refractivity contribution in [2.45, 2.75) is 26.3 Å². The predicted octanol–water partition coefficient (Wildman–Crippen LogP) is 2.43. The molecule has 1 unspecified atom stereocenters. The normalized spacial score (nSPS) is 20.7. The molecule has 7 heteroatoms. The highest BCUT2D eigenvalue weighted by Gasteiger charge is 2.25. The van der Waals surface area contributed by atoms with Crippen LogP contribution in [-0.2, 0) is 6.54 Å². The van der Waals surface area contributed by atoms with Crippen LogP contribution in [0.15, 0.2) is 53.6 Å². The second-order valence-corrected chi connectivity index (χ2v) is 9.24. The summed E-state index contributed by atoms with van der Waals surface area (Å²) in [7, 11) is 0. The van der Waals surface area contributed by atoms with Gasteiger partial charge < -0.3 is 4.90 Å². The standard InChI is InChI=1S/C25H32N6O/c1-20-7-8-24-27-22(15-25(32)31(24)16-20)19-29-10-4-5-21(18-29)17-28-11-13-30(14-12-28)23-6-2-3-9-26-23/h2-3,6-9,15-16,21H,4-5,10-14,17-19H2,1H3. The van der Waals surface area contributed by atoms with Gasteiger partial charge in [-0.2, -0.15) is 0 Å². The molecule has 2 aliphatic heterocycles. The number of rotatable bonds is 5. The first-order valence-electron chi connectivity index (χ1n) is 11.7. The van der Waals surface area contributed by atoms with Crippen molar-refractivity contribution in [3.8, 4) is 0 Å². The Bertz CT molecular complexity index is 1110. The third kappa shape index (κ3) is 4.84. The fourth-order valence-corrected chi connectivity index (χ4v) is 5.08. The van der Waals surface area contributed by atoms with Crippen molar-refractivity contribution in [2.24, 2.45) is 5.92 Å². The maximum Gasteiger partial charge on any atom is 0.258 e. The van der Waals surface area contributed by atoms with Crippen molar-refractivity contribution in [1.29, 1.82) is 0 Å². The van der Waals surface area contributed by atoms with Crippen LogP contribution in [0.2, 0.25) is 0 Å². The molecular formula is C25H32N6O. The van der Waals surface area contributed by atoms with Gasteiger partial charge in [-0.3, -0.25) is 19.0 Å². The van der Waals surface area contributed by atoms with Gasteiger partial charge in [0.05, 0.1) is 5.69 Å². The first kappa shape index (κ1) is 21.1. The SMILES string of the molecule is Cc1ccc2nc(CN3CCCC(CN4CCN(c5ccccn5)CC4)C3)cc(=O)n2c1. The maximum absolute atomic E-state index is 12.5. The largest absolute Gasteiger partial charge is 0.354 e. The quantitative estimate of drug-likeness (QED) is 0.617. The molecule has 168 valence electrons. The van der Waals surface area contributed by atoms with E-state index in [1.165, 1.54) is 12.8 Å². The van der Waals surface area contributed by atoms with E-state index >= 15 is 0 Å². The minimum Gasteiger partial charge on any atom is -0.354 e. The van der Waals surface area contributed by atoms with Gasteiger partial charge in [-0.25, -0.2) is 9.97 Å². The topological polar surface area (TPSA) is 57.0 Å². The third-order valence-electron chi connectivity index (χ3n) is 6.71. The molecule has 0 aromatic carbocycles. The Kier molecular flexibility index (Phi) is 6.19. The van der Waals surface area contributed by atoms with E-state index in [0.29, 0.717) is 5.92 Å². The van der Waals surface area contributed by atoms with Crippen molar-refractivity contribution in [1.82, 2.24) is 24.2 Å². The van der Waals surface area contributed by atoms with Gasteiger partial charge in [-0.1, -0.05) is 12.1 Å². The molecule has 2 saturated heterocycles. The molecule has 0 amide bonds. The molecule has 1 atom stereocenters. The van der Waals surface area contributed by atoms with Gasteiger partial charge in [0.15, 0.2) is 0 Å². The van der Waals surface area contributed by atoms with E-state index in [-0.39, 0.29) is 5.56 Å². The molecule has 0 saturated carbocycles. The summed E-state index contributed by atoms with van der Waals surface area (Å²) >= 11 is 0. The minimum absolute atomic E-state index is 0.00744. The van der Waals surface area contributed by atoms with Crippen LogP contribution in [0.25, 0.3) is 5.65 Å². The Morgan fingerprint density at radius 2 is 1.91 bits per heavy atom. The Morgan fingerprint density at radius 3 is 2.72 bits per heavy atom. The Balaban J connectivity index is 1.16. The zero-order chi connectivity index (χ0) is 21.9. The average molecular weight is 433 g/mol. The zero-order valence-electron chi connectivity index (χ0n) is 18.9.